The minimum Gasteiger partial charge on any atom is -0.493 e. The van der Waals surface area contributed by atoms with E-state index in [-0.39, 0.29) is 0 Å². The van der Waals surface area contributed by atoms with Crippen LogP contribution in [0.2, 0.25) is 0 Å². The highest BCUT2D eigenvalue weighted by molar-refractivity contribution is 6.00. The van der Waals surface area contributed by atoms with Gasteiger partial charge in [-0.3, -0.25) is 5.32 Å². The number of nitrogens with zero attached hydrogens (tertiary/aromatic N) is 4. The summed E-state index contributed by atoms with van der Waals surface area (Å²) in [5, 5.41) is 9.78. The maximum absolute atomic E-state index is 12.4. The van der Waals surface area contributed by atoms with Crippen LogP contribution >= 0.6 is 0 Å². The van der Waals surface area contributed by atoms with Crippen LogP contribution in [0, 0.1) is 13.8 Å². The van der Waals surface area contributed by atoms with Crippen LogP contribution in [0.15, 0.2) is 36.7 Å². The lowest BCUT2D eigenvalue weighted by molar-refractivity contribution is 0.262. The molecule has 0 spiro atoms. The van der Waals surface area contributed by atoms with Crippen molar-refractivity contribution in [1.82, 2.24) is 19.7 Å². The highest BCUT2D eigenvalue weighted by atomic mass is 16.5. The molecular weight excluding hydrogens is 348 g/mol. The number of aryl methyl sites for hydroxylation is 2. The Labute approximate surface area is 156 Å². The lowest BCUT2D eigenvalue weighted by atomic mass is 10.2. The summed E-state index contributed by atoms with van der Waals surface area (Å²) in [4.78, 5) is 20.7. The van der Waals surface area contributed by atoms with Gasteiger partial charge >= 0.3 is 6.03 Å². The topological polar surface area (TPSA) is 103 Å². The number of amides is 2. The SMILES string of the molecule is COc1cccc(NC(=O)Nc2cc(-n3nc(C)cc3C)ncn2)c1OC. The van der Waals surface area contributed by atoms with E-state index in [1.807, 2.05) is 19.9 Å². The molecule has 0 unspecified atom stereocenters. The molecule has 0 aliphatic heterocycles. The number of rotatable bonds is 5. The third kappa shape index (κ3) is 3.97. The Morgan fingerprint density at radius 2 is 1.89 bits per heavy atom. The molecule has 0 atom stereocenters. The first-order valence-corrected chi connectivity index (χ1v) is 8.16. The van der Waals surface area contributed by atoms with Gasteiger partial charge < -0.3 is 14.8 Å². The highest BCUT2D eigenvalue weighted by Gasteiger charge is 2.13. The zero-order chi connectivity index (χ0) is 19.4. The fourth-order valence-electron chi connectivity index (χ4n) is 2.65. The fourth-order valence-corrected chi connectivity index (χ4v) is 2.65. The molecule has 0 fully saturated rings. The lowest BCUT2D eigenvalue weighted by Crippen LogP contribution is -2.21. The number of methoxy groups -OCH3 is 2. The van der Waals surface area contributed by atoms with Crippen molar-refractivity contribution < 1.29 is 14.3 Å². The fraction of sp³-hybridized carbons (Fsp3) is 0.222. The van der Waals surface area contributed by atoms with Gasteiger partial charge in [-0.15, -0.1) is 0 Å². The van der Waals surface area contributed by atoms with Gasteiger partial charge in [-0.05, 0) is 32.0 Å². The van der Waals surface area contributed by atoms with Crippen LogP contribution in [-0.2, 0) is 0 Å². The second-order valence-corrected chi connectivity index (χ2v) is 5.72. The minimum atomic E-state index is -0.473. The molecule has 2 heterocycles. The van der Waals surface area contributed by atoms with Crippen LogP contribution in [0.1, 0.15) is 11.4 Å². The van der Waals surface area contributed by atoms with Crippen LogP contribution < -0.4 is 20.1 Å². The molecule has 9 nitrogen and oxygen atoms in total. The van der Waals surface area contributed by atoms with Crippen LogP contribution in [-0.4, -0.2) is 40.0 Å². The van der Waals surface area contributed by atoms with Crippen molar-refractivity contribution in [2.24, 2.45) is 0 Å². The molecule has 2 N–H and O–H groups in total. The minimum absolute atomic E-state index is 0.340. The number of hydrogen-bond donors (Lipinski definition) is 2. The lowest BCUT2D eigenvalue weighted by Gasteiger charge is -2.13. The Bertz CT molecular complexity index is 969. The Kier molecular flexibility index (Phi) is 5.20. The first kappa shape index (κ1) is 18.2. The smallest absolute Gasteiger partial charge is 0.324 e. The van der Waals surface area contributed by atoms with Crippen LogP contribution in [0.5, 0.6) is 11.5 Å². The second kappa shape index (κ2) is 7.73. The number of urea groups is 1. The first-order chi connectivity index (χ1) is 13.0. The van der Waals surface area contributed by atoms with Gasteiger partial charge in [0.15, 0.2) is 17.3 Å². The number of benzene rings is 1. The number of anilines is 2. The molecule has 0 radical (unpaired) electrons. The van der Waals surface area contributed by atoms with Crippen molar-refractivity contribution in [2.75, 3.05) is 24.9 Å². The Morgan fingerprint density at radius 1 is 1.07 bits per heavy atom. The van der Waals surface area contributed by atoms with Crippen LogP contribution in [0.4, 0.5) is 16.3 Å². The molecular formula is C18H20N6O3. The van der Waals surface area contributed by atoms with Crippen LogP contribution in [0.3, 0.4) is 0 Å². The number of carbonyl (C=O) groups is 1. The normalized spacial score (nSPS) is 10.4. The van der Waals surface area contributed by atoms with Gasteiger partial charge in [-0.2, -0.15) is 5.10 Å². The molecule has 27 heavy (non-hydrogen) atoms. The Hall–Kier alpha value is -3.62. The number of ether oxygens (including phenoxy) is 2. The third-order valence-corrected chi connectivity index (χ3v) is 3.77. The van der Waals surface area contributed by atoms with Crippen molar-refractivity contribution in [3.05, 3.63) is 48.0 Å². The molecule has 0 bridgehead atoms. The first-order valence-electron chi connectivity index (χ1n) is 8.16. The Balaban J connectivity index is 1.78. The number of aromatic nitrogens is 4. The predicted molar refractivity (Wildman–Crippen MR) is 101 cm³/mol. The highest BCUT2D eigenvalue weighted by Crippen LogP contribution is 2.34. The number of para-hydroxylation sites is 1. The maximum atomic E-state index is 12.4. The molecule has 0 saturated heterocycles. The van der Waals surface area contributed by atoms with Crippen molar-refractivity contribution in [2.45, 2.75) is 13.8 Å². The zero-order valence-electron chi connectivity index (χ0n) is 15.5. The molecule has 0 saturated carbocycles. The maximum Gasteiger partial charge on any atom is 0.324 e. The van der Waals surface area contributed by atoms with E-state index in [0.29, 0.717) is 28.8 Å². The second-order valence-electron chi connectivity index (χ2n) is 5.72. The third-order valence-electron chi connectivity index (χ3n) is 3.77. The van der Waals surface area contributed by atoms with Crippen molar-refractivity contribution in [3.8, 4) is 17.3 Å². The molecule has 9 heteroatoms. The number of nitrogens with one attached hydrogen (secondary N) is 2. The van der Waals surface area contributed by atoms with E-state index in [2.05, 4.69) is 25.7 Å². The Morgan fingerprint density at radius 3 is 2.56 bits per heavy atom. The van der Waals surface area contributed by atoms with E-state index in [1.54, 1.807) is 28.9 Å². The van der Waals surface area contributed by atoms with E-state index < -0.39 is 6.03 Å². The van der Waals surface area contributed by atoms with Crippen molar-refractivity contribution >= 4 is 17.5 Å². The van der Waals surface area contributed by atoms with Crippen LogP contribution in [0.25, 0.3) is 5.82 Å². The summed E-state index contributed by atoms with van der Waals surface area (Å²) in [7, 11) is 3.04. The van der Waals surface area contributed by atoms with E-state index in [0.717, 1.165) is 11.4 Å². The standard InChI is InChI=1S/C18H20N6O3/c1-11-8-12(2)24(23-11)16-9-15(19-10-20-16)22-18(25)21-13-6-5-7-14(26-3)17(13)27-4/h5-10H,1-4H3,(H2,19,20,21,22,25). The van der Waals surface area contributed by atoms with Gasteiger partial charge in [0.2, 0.25) is 0 Å². The molecule has 2 aromatic heterocycles. The average Bonchev–Trinajstić information content (AvgIpc) is 2.99. The number of hydrogen-bond acceptors (Lipinski definition) is 6. The molecule has 2 amide bonds. The predicted octanol–water partition coefficient (Wildman–Crippen LogP) is 2.94. The summed E-state index contributed by atoms with van der Waals surface area (Å²) >= 11 is 0. The van der Waals surface area contributed by atoms with E-state index in [9.17, 15) is 4.79 Å². The molecule has 3 rings (SSSR count). The average molecular weight is 368 g/mol. The molecule has 140 valence electrons. The summed E-state index contributed by atoms with van der Waals surface area (Å²) in [6.07, 6.45) is 1.37. The van der Waals surface area contributed by atoms with E-state index in [4.69, 9.17) is 9.47 Å². The molecule has 1 aromatic carbocycles. The number of carbonyl (C=O) groups excluding carboxylic acids is 1. The van der Waals surface area contributed by atoms with Gasteiger partial charge in [-0.25, -0.2) is 19.4 Å². The van der Waals surface area contributed by atoms with Gasteiger partial charge in [0.25, 0.3) is 0 Å². The van der Waals surface area contributed by atoms with Gasteiger partial charge in [0, 0.05) is 11.8 Å². The van der Waals surface area contributed by atoms with Crippen molar-refractivity contribution in [1.29, 1.82) is 0 Å². The van der Waals surface area contributed by atoms with Crippen molar-refractivity contribution in [3.63, 3.8) is 0 Å². The van der Waals surface area contributed by atoms with E-state index >= 15 is 0 Å². The summed E-state index contributed by atoms with van der Waals surface area (Å²) < 4.78 is 12.2. The van der Waals surface area contributed by atoms with Gasteiger partial charge in [0.05, 0.1) is 25.6 Å². The summed E-state index contributed by atoms with van der Waals surface area (Å²) in [6.45, 7) is 3.83. The zero-order valence-corrected chi connectivity index (χ0v) is 15.5. The molecule has 0 aliphatic rings. The van der Waals surface area contributed by atoms with Gasteiger partial charge in [-0.1, -0.05) is 6.07 Å². The summed E-state index contributed by atoms with van der Waals surface area (Å²) in [5.74, 6) is 1.85. The van der Waals surface area contributed by atoms with E-state index in [1.165, 1.54) is 20.5 Å². The molecule has 0 aliphatic carbocycles. The molecule has 3 aromatic rings. The quantitative estimate of drug-likeness (QED) is 0.718. The monoisotopic (exact) mass is 368 g/mol. The summed E-state index contributed by atoms with van der Waals surface area (Å²) in [6, 6.07) is 8.32. The van der Waals surface area contributed by atoms with Gasteiger partial charge in [0.1, 0.15) is 12.1 Å². The largest absolute Gasteiger partial charge is 0.493 e. The summed E-state index contributed by atoms with van der Waals surface area (Å²) in [5.41, 5.74) is 2.29.